The summed E-state index contributed by atoms with van der Waals surface area (Å²) >= 11 is 0. The molecule has 0 atom stereocenters. The van der Waals surface area contributed by atoms with Gasteiger partial charge >= 0.3 is 0 Å². The van der Waals surface area contributed by atoms with Gasteiger partial charge < -0.3 is 10.2 Å². The van der Waals surface area contributed by atoms with Crippen LogP contribution in [0.3, 0.4) is 0 Å². The maximum Gasteiger partial charge on any atom is 0.0731 e. The predicted octanol–water partition coefficient (Wildman–Crippen LogP) is 4.33. The Morgan fingerprint density at radius 3 is 1.05 bits per heavy atom. The van der Waals surface area contributed by atoms with E-state index >= 15 is 0 Å². The highest BCUT2D eigenvalue weighted by molar-refractivity contribution is 5.12. The van der Waals surface area contributed by atoms with Gasteiger partial charge in [0.1, 0.15) is 0 Å². The Kier molecular flexibility index (Phi) is 4.16. The fourth-order valence-corrected chi connectivity index (χ4v) is 5.75. The topological polar surface area (TPSA) is 40.5 Å². The van der Waals surface area contributed by atoms with Crippen molar-refractivity contribution in [3.05, 3.63) is 0 Å². The minimum absolute atomic E-state index is 0.195. The maximum absolute atomic E-state index is 11.5. The molecule has 0 aromatic heterocycles. The molecule has 116 valence electrons. The molecule has 3 rings (SSSR count). The van der Waals surface area contributed by atoms with E-state index < -0.39 is 11.2 Å². The van der Waals surface area contributed by atoms with Gasteiger partial charge in [-0.3, -0.25) is 0 Å². The van der Waals surface area contributed by atoms with Crippen molar-refractivity contribution in [2.24, 2.45) is 5.41 Å². The first kappa shape index (κ1) is 14.8. The molecule has 0 heterocycles. The zero-order valence-corrected chi connectivity index (χ0v) is 13.0. The van der Waals surface area contributed by atoms with Crippen LogP contribution in [0, 0.1) is 5.41 Å². The van der Waals surface area contributed by atoms with Gasteiger partial charge in [0.2, 0.25) is 0 Å². The normalized spacial score (nSPS) is 32.7. The van der Waals surface area contributed by atoms with E-state index in [9.17, 15) is 10.2 Å². The molecular weight excluding hydrogens is 248 g/mol. The molecule has 2 N–H and O–H groups in total. The van der Waals surface area contributed by atoms with E-state index in [1.54, 1.807) is 0 Å². The monoisotopic (exact) mass is 280 g/mol. The Labute approximate surface area is 124 Å². The Balaban J connectivity index is 1.94. The van der Waals surface area contributed by atoms with Crippen LogP contribution in [0.2, 0.25) is 0 Å². The Morgan fingerprint density at radius 2 is 0.700 bits per heavy atom. The summed E-state index contributed by atoms with van der Waals surface area (Å²) in [5.74, 6) is 0. The zero-order valence-electron chi connectivity index (χ0n) is 13.0. The van der Waals surface area contributed by atoms with Gasteiger partial charge in [0.15, 0.2) is 0 Å². The van der Waals surface area contributed by atoms with Gasteiger partial charge in [-0.15, -0.1) is 0 Å². The molecule has 0 spiro atoms. The molecule has 0 aromatic rings. The first-order valence-corrected chi connectivity index (χ1v) is 9.07. The molecule has 0 amide bonds. The molecule has 3 saturated carbocycles. The van der Waals surface area contributed by atoms with Crippen molar-refractivity contribution in [2.45, 2.75) is 108 Å². The maximum atomic E-state index is 11.5. The lowest BCUT2D eigenvalue weighted by Gasteiger charge is -2.60. The smallest absolute Gasteiger partial charge is 0.0731 e. The van der Waals surface area contributed by atoms with Crippen LogP contribution in [0.15, 0.2) is 0 Å². The Bertz CT molecular complexity index is 292. The fraction of sp³-hybridized carbons (Fsp3) is 1.00. The van der Waals surface area contributed by atoms with E-state index in [-0.39, 0.29) is 5.41 Å². The number of rotatable bonds is 2. The lowest BCUT2D eigenvalue weighted by Crippen LogP contribution is -2.63. The average Bonchev–Trinajstić information content (AvgIpc) is 2.49. The van der Waals surface area contributed by atoms with Crippen LogP contribution in [0.25, 0.3) is 0 Å². The third-order valence-corrected chi connectivity index (χ3v) is 6.85. The molecule has 0 aromatic carbocycles. The Morgan fingerprint density at radius 1 is 0.400 bits per heavy atom. The summed E-state index contributed by atoms with van der Waals surface area (Å²) in [7, 11) is 0. The van der Waals surface area contributed by atoms with Crippen LogP contribution in [-0.2, 0) is 0 Å². The second-order valence-electron chi connectivity index (χ2n) is 7.83. The van der Waals surface area contributed by atoms with Gasteiger partial charge in [-0.1, -0.05) is 57.8 Å². The first-order valence-electron chi connectivity index (χ1n) is 9.07. The predicted molar refractivity (Wildman–Crippen MR) is 81.6 cm³/mol. The summed E-state index contributed by atoms with van der Waals surface area (Å²) in [5, 5.41) is 23.0. The van der Waals surface area contributed by atoms with Gasteiger partial charge in [0, 0.05) is 5.41 Å². The van der Waals surface area contributed by atoms with E-state index in [2.05, 4.69) is 0 Å². The van der Waals surface area contributed by atoms with Crippen molar-refractivity contribution in [1.29, 1.82) is 0 Å². The van der Waals surface area contributed by atoms with Gasteiger partial charge in [0.05, 0.1) is 11.2 Å². The van der Waals surface area contributed by atoms with Crippen LogP contribution in [0.4, 0.5) is 0 Å². The van der Waals surface area contributed by atoms with Crippen molar-refractivity contribution in [3.63, 3.8) is 0 Å². The SMILES string of the molecule is OC1(C2(C3(O)CCCCC3)CCCCC2)CCCCC1. The van der Waals surface area contributed by atoms with Crippen LogP contribution in [0.5, 0.6) is 0 Å². The van der Waals surface area contributed by atoms with E-state index in [0.717, 1.165) is 64.2 Å². The third kappa shape index (κ3) is 2.23. The molecule has 0 bridgehead atoms. The van der Waals surface area contributed by atoms with Crippen molar-refractivity contribution < 1.29 is 10.2 Å². The standard InChI is InChI=1S/C18H32O2/c19-17(12-6-2-7-13-17)16(10-4-1-5-11-16)18(20)14-8-3-9-15-18/h19-20H,1-15H2. The summed E-state index contributed by atoms with van der Waals surface area (Å²) in [6.07, 6.45) is 16.6. The summed E-state index contributed by atoms with van der Waals surface area (Å²) in [6.45, 7) is 0. The van der Waals surface area contributed by atoms with E-state index in [0.29, 0.717) is 0 Å². The van der Waals surface area contributed by atoms with Crippen LogP contribution < -0.4 is 0 Å². The highest BCUT2D eigenvalue weighted by Crippen LogP contribution is 2.60. The molecule has 0 unspecified atom stereocenters. The highest BCUT2D eigenvalue weighted by Gasteiger charge is 2.61. The number of hydrogen-bond acceptors (Lipinski definition) is 2. The van der Waals surface area contributed by atoms with Gasteiger partial charge in [-0.2, -0.15) is 0 Å². The molecule has 2 heteroatoms. The van der Waals surface area contributed by atoms with Gasteiger partial charge in [0.25, 0.3) is 0 Å². The number of hydrogen-bond donors (Lipinski definition) is 2. The lowest BCUT2D eigenvalue weighted by atomic mass is 9.49. The second kappa shape index (κ2) is 5.61. The van der Waals surface area contributed by atoms with Crippen molar-refractivity contribution in [2.75, 3.05) is 0 Å². The largest absolute Gasteiger partial charge is 0.389 e. The molecule has 3 aliphatic carbocycles. The summed E-state index contributed by atoms with van der Waals surface area (Å²) in [5.41, 5.74) is -1.37. The minimum atomic E-state index is -0.586. The van der Waals surface area contributed by atoms with Crippen molar-refractivity contribution in [3.8, 4) is 0 Å². The minimum Gasteiger partial charge on any atom is -0.389 e. The first-order chi connectivity index (χ1) is 9.62. The second-order valence-corrected chi connectivity index (χ2v) is 7.83. The third-order valence-electron chi connectivity index (χ3n) is 6.85. The molecule has 0 saturated heterocycles. The van der Waals surface area contributed by atoms with Crippen LogP contribution in [0.1, 0.15) is 96.3 Å². The van der Waals surface area contributed by atoms with Crippen molar-refractivity contribution in [1.82, 2.24) is 0 Å². The number of aliphatic hydroxyl groups is 2. The van der Waals surface area contributed by atoms with E-state index in [1.807, 2.05) is 0 Å². The summed E-state index contributed by atoms with van der Waals surface area (Å²) < 4.78 is 0. The molecule has 3 fully saturated rings. The van der Waals surface area contributed by atoms with Crippen LogP contribution >= 0.6 is 0 Å². The molecule has 3 aliphatic rings. The fourth-order valence-electron chi connectivity index (χ4n) is 5.75. The summed E-state index contributed by atoms with van der Waals surface area (Å²) in [6, 6.07) is 0. The molecule has 0 radical (unpaired) electrons. The molecular formula is C18H32O2. The van der Waals surface area contributed by atoms with Gasteiger partial charge in [-0.25, -0.2) is 0 Å². The summed E-state index contributed by atoms with van der Waals surface area (Å²) in [4.78, 5) is 0. The highest BCUT2D eigenvalue weighted by atomic mass is 16.3. The molecule has 20 heavy (non-hydrogen) atoms. The van der Waals surface area contributed by atoms with E-state index in [1.165, 1.54) is 32.1 Å². The zero-order chi connectivity index (χ0) is 14.1. The Hall–Kier alpha value is -0.0800. The molecule has 2 nitrogen and oxygen atoms in total. The van der Waals surface area contributed by atoms with Crippen LogP contribution in [-0.4, -0.2) is 21.4 Å². The van der Waals surface area contributed by atoms with Crippen molar-refractivity contribution >= 4 is 0 Å². The van der Waals surface area contributed by atoms with Gasteiger partial charge in [-0.05, 0) is 38.5 Å². The molecule has 0 aliphatic heterocycles. The lowest BCUT2D eigenvalue weighted by molar-refractivity contribution is -0.233. The quantitative estimate of drug-likeness (QED) is 0.790. The average molecular weight is 280 g/mol. The van der Waals surface area contributed by atoms with E-state index in [4.69, 9.17) is 0 Å².